The van der Waals surface area contributed by atoms with Crippen molar-refractivity contribution in [3.05, 3.63) is 23.8 Å². The van der Waals surface area contributed by atoms with Gasteiger partial charge in [-0.1, -0.05) is 6.07 Å². The molecule has 2 aliphatic heterocycles. The third-order valence-corrected chi connectivity index (χ3v) is 4.59. The number of anilines is 1. The molecule has 0 aromatic heterocycles. The number of ether oxygens (including phenoxy) is 1. The third kappa shape index (κ3) is 2.35. The highest BCUT2D eigenvalue weighted by atomic mass is 16.5. The molecule has 1 amide bonds. The summed E-state index contributed by atoms with van der Waals surface area (Å²) in [6.07, 6.45) is 1.33. The summed E-state index contributed by atoms with van der Waals surface area (Å²) in [7, 11) is 1.62. The lowest BCUT2D eigenvalue weighted by molar-refractivity contribution is -0.122. The summed E-state index contributed by atoms with van der Waals surface area (Å²) < 4.78 is 5.40. The number of fused-ring (bicyclic) bond motifs is 1. The van der Waals surface area contributed by atoms with Crippen LogP contribution < -0.4 is 15.0 Å². The van der Waals surface area contributed by atoms with Gasteiger partial charge in [-0.25, -0.2) is 0 Å². The number of methoxy groups -OCH3 is 1. The quantitative estimate of drug-likeness (QED) is 0.885. The van der Waals surface area contributed by atoms with Crippen molar-refractivity contribution in [2.24, 2.45) is 5.92 Å². The normalized spacial score (nSPS) is 26.2. The number of carbonyl (C=O) groups is 1. The Hall–Kier alpha value is -1.75. The van der Waals surface area contributed by atoms with E-state index in [1.54, 1.807) is 14.0 Å². The maximum atomic E-state index is 11.9. The lowest BCUT2D eigenvalue weighted by Crippen LogP contribution is -2.46. The molecule has 0 spiro atoms. The van der Waals surface area contributed by atoms with Crippen LogP contribution >= 0.6 is 0 Å². The molecule has 2 N–H and O–H groups in total. The van der Waals surface area contributed by atoms with Crippen molar-refractivity contribution in [1.29, 1.82) is 0 Å². The largest absolute Gasteiger partial charge is 0.496 e. The van der Waals surface area contributed by atoms with E-state index in [2.05, 4.69) is 10.2 Å². The molecule has 2 heterocycles. The monoisotopic (exact) mass is 290 g/mol. The van der Waals surface area contributed by atoms with Crippen molar-refractivity contribution < 1.29 is 14.6 Å². The van der Waals surface area contributed by atoms with E-state index in [4.69, 9.17) is 4.74 Å². The van der Waals surface area contributed by atoms with Gasteiger partial charge in [-0.2, -0.15) is 0 Å². The molecule has 0 bridgehead atoms. The van der Waals surface area contributed by atoms with Gasteiger partial charge in [-0.3, -0.25) is 4.79 Å². The minimum atomic E-state index is -0.610. The molecule has 2 saturated heterocycles. The van der Waals surface area contributed by atoms with Gasteiger partial charge in [0.15, 0.2) is 0 Å². The Morgan fingerprint density at radius 2 is 2.29 bits per heavy atom. The van der Waals surface area contributed by atoms with E-state index in [1.165, 1.54) is 0 Å². The summed E-state index contributed by atoms with van der Waals surface area (Å²) in [5.41, 5.74) is 1.79. The van der Waals surface area contributed by atoms with Crippen LogP contribution in [0.15, 0.2) is 18.2 Å². The third-order valence-electron chi connectivity index (χ3n) is 4.59. The van der Waals surface area contributed by atoms with Crippen LogP contribution in [0.5, 0.6) is 5.75 Å². The number of nitrogens with zero attached hydrogens (tertiary/aromatic N) is 1. The zero-order valence-electron chi connectivity index (χ0n) is 12.5. The molecule has 1 aromatic rings. The van der Waals surface area contributed by atoms with Gasteiger partial charge in [-0.05, 0) is 31.9 Å². The topological polar surface area (TPSA) is 61.8 Å². The summed E-state index contributed by atoms with van der Waals surface area (Å²) in [6, 6.07) is 5.99. The number of piperidine rings is 1. The van der Waals surface area contributed by atoms with E-state index in [1.807, 2.05) is 18.2 Å². The molecule has 5 heteroatoms. The average Bonchev–Trinajstić information content (AvgIpc) is 2.88. The predicted molar refractivity (Wildman–Crippen MR) is 80.5 cm³/mol. The predicted octanol–water partition coefficient (Wildman–Crippen LogP) is 1.46. The Morgan fingerprint density at radius 1 is 1.48 bits per heavy atom. The first-order valence-electron chi connectivity index (χ1n) is 7.52. The first-order valence-corrected chi connectivity index (χ1v) is 7.52. The van der Waals surface area contributed by atoms with Crippen molar-refractivity contribution in [2.45, 2.75) is 31.9 Å². The first-order chi connectivity index (χ1) is 10.1. The second-order valence-electron chi connectivity index (χ2n) is 5.82. The molecule has 1 aromatic carbocycles. The van der Waals surface area contributed by atoms with E-state index in [-0.39, 0.29) is 17.9 Å². The highest BCUT2D eigenvalue weighted by Gasteiger charge is 2.41. The van der Waals surface area contributed by atoms with E-state index in [0.717, 1.165) is 30.6 Å². The molecule has 2 unspecified atom stereocenters. The number of nitrogens with one attached hydrogen (secondary N) is 1. The minimum Gasteiger partial charge on any atom is -0.496 e. The fraction of sp³-hybridized carbons (Fsp3) is 0.562. The number of rotatable bonds is 3. The van der Waals surface area contributed by atoms with E-state index >= 15 is 0 Å². The molecule has 5 nitrogen and oxygen atoms in total. The number of carbonyl (C=O) groups excluding carboxylic acids is 1. The van der Waals surface area contributed by atoms with Crippen molar-refractivity contribution in [2.75, 3.05) is 25.1 Å². The van der Waals surface area contributed by atoms with Crippen LogP contribution in [0, 0.1) is 5.92 Å². The van der Waals surface area contributed by atoms with Crippen molar-refractivity contribution in [3.8, 4) is 5.75 Å². The van der Waals surface area contributed by atoms with Gasteiger partial charge in [0.05, 0.1) is 25.2 Å². The molecule has 21 heavy (non-hydrogen) atoms. The highest BCUT2D eigenvalue weighted by Crippen LogP contribution is 2.39. The number of benzene rings is 1. The number of hydrogen-bond acceptors (Lipinski definition) is 4. The van der Waals surface area contributed by atoms with Crippen LogP contribution in [0.2, 0.25) is 0 Å². The summed E-state index contributed by atoms with van der Waals surface area (Å²) in [6.45, 7) is 3.34. The molecule has 3 rings (SSSR count). The summed E-state index contributed by atoms with van der Waals surface area (Å²) >= 11 is 0. The van der Waals surface area contributed by atoms with Gasteiger partial charge in [0.1, 0.15) is 5.75 Å². The summed E-state index contributed by atoms with van der Waals surface area (Å²) in [5.74, 6) is 0.917. The smallest absolute Gasteiger partial charge is 0.225 e. The maximum Gasteiger partial charge on any atom is 0.225 e. The Kier molecular flexibility index (Phi) is 3.76. The SMILES string of the molecule is COc1cccc(N2CCCC3C(=O)NCC32)c1[C@@H](C)O. The Balaban J connectivity index is 2.01. The molecule has 0 aliphatic carbocycles. The highest BCUT2D eigenvalue weighted by molar-refractivity contribution is 5.83. The van der Waals surface area contributed by atoms with Gasteiger partial charge >= 0.3 is 0 Å². The number of aliphatic hydroxyl groups is 1. The molecule has 0 radical (unpaired) electrons. The van der Waals surface area contributed by atoms with E-state index < -0.39 is 6.10 Å². The lowest BCUT2D eigenvalue weighted by Gasteiger charge is -2.39. The summed E-state index contributed by atoms with van der Waals surface area (Å²) in [5, 5.41) is 13.1. The number of amides is 1. The van der Waals surface area contributed by atoms with E-state index in [0.29, 0.717) is 12.3 Å². The maximum absolute atomic E-state index is 11.9. The zero-order chi connectivity index (χ0) is 15.0. The second kappa shape index (κ2) is 5.56. The Labute approximate surface area is 124 Å². The molecule has 0 saturated carbocycles. The van der Waals surface area contributed by atoms with Crippen LogP contribution in [0.1, 0.15) is 31.4 Å². The number of hydrogen-bond donors (Lipinski definition) is 2. The van der Waals surface area contributed by atoms with Crippen molar-refractivity contribution >= 4 is 11.6 Å². The number of aliphatic hydroxyl groups excluding tert-OH is 1. The van der Waals surface area contributed by atoms with Crippen LogP contribution in [-0.2, 0) is 4.79 Å². The van der Waals surface area contributed by atoms with Crippen LogP contribution in [0.3, 0.4) is 0 Å². The zero-order valence-corrected chi connectivity index (χ0v) is 12.5. The Bertz CT molecular complexity index is 544. The minimum absolute atomic E-state index is 0.0619. The fourth-order valence-corrected chi connectivity index (χ4v) is 3.63. The standard InChI is InChI=1S/C16H22N2O3/c1-10(19)15-12(6-3-7-14(15)21-2)18-8-4-5-11-13(18)9-17-16(11)20/h3,6-7,10-11,13,19H,4-5,8-9H2,1-2H3,(H,17,20)/t10-,11?,13?/m1/s1. The average molecular weight is 290 g/mol. The molecule has 2 aliphatic rings. The van der Waals surface area contributed by atoms with Gasteiger partial charge in [-0.15, -0.1) is 0 Å². The van der Waals surface area contributed by atoms with Crippen molar-refractivity contribution in [1.82, 2.24) is 5.32 Å². The van der Waals surface area contributed by atoms with Crippen molar-refractivity contribution in [3.63, 3.8) is 0 Å². The van der Waals surface area contributed by atoms with Gasteiger partial charge < -0.3 is 20.1 Å². The molecule has 3 atom stereocenters. The summed E-state index contributed by atoms with van der Waals surface area (Å²) in [4.78, 5) is 14.2. The van der Waals surface area contributed by atoms with Gasteiger partial charge in [0, 0.05) is 24.3 Å². The van der Waals surface area contributed by atoms with Gasteiger partial charge in [0.2, 0.25) is 5.91 Å². The van der Waals surface area contributed by atoms with E-state index in [9.17, 15) is 9.90 Å². The molecular weight excluding hydrogens is 268 g/mol. The molecular formula is C16H22N2O3. The Morgan fingerprint density at radius 3 is 3.00 bits per heavy atom. The molecule has 114 valence electrons. The van der Waals surface area contributed by atoms with Gasteiger partial charge in [0.25, 0.3) is 0 Å². The van der Waals surface area contributed by atoms with Crippen LogP contribution in [-0.4, -0.2) is 37.3 Å². The lowest BCUT2D eigenvalue weighted by atomic mass is 9.90. The van der Waals surface area contributed by atoms with Crippen LogP contribution in [0.4, 0.5) is 5.69 Å². The fourth-order valence-electron chi connectivity index (χ4n) is 3.63. The first kappa shape index (κ1) is 14.2. The second-order valence-corrected chi connectivity index (χ2v) is 5.82. The van der Waals surface area contributed by atoms with Crippen LogP contribution in [0.25, 0.3) is 0 Å². The molecule has 2 fully saturated rings.